The van der Waals surface area contributed by atoms with E-state index in [0.717, 1.165) is 17.7 Å². The van der Waals surface area contributed by atoms with Crippen molar-refractivity contribution in [2.75, 3.05) is 6.54 Å². The fraction of sp³-hybridized carbons (Fsp3) is 0.500. The number of aliphatic hydroxyl groups is 1. The largest absolute Gasteiger partial charge is 0.388 e. The molecule has 7 nitrogen and oxygen atoms in total. The van der Waals surface area contributed by atoms with Gasteiger partial charge in [0.2, 0.25) is 0 Å². The van der Waals surface area contributed by atoms with Gasteiger partial charge in [-0.3, -0.25) is 0 Å². The van der Waals surface area contributed by atoms with Crippen molar-refractivity contribution in [1.29, 1.82) is 0 Å². The maximum Gasteiger partial charge on any atom is 0.315 e. The predicted octanol–water partition coefficient (Wildman–Crippen LogP) is 2.25. The number of urea groups is 1. The molecule has 3 N–H and O–H groups in total. The molecule has 0 bridgehead atoms. The highest BCUT2D eigenvalue weighted by atomic mass is 16.3. The number of nitrogens with one attached hydrogen (secondary N) is 2. The van der Waals surface area contributed by atoms with E-state index < -0.39 is 5.60 Å². The molecule has 0 saturated carbocycles. The Bertz CT molecular complexity index is 651. The van der Waals surface area contributed by atoms with Crippen LogP contribution in [0.5, 0.6) is 0 Å². The molecule has 0 spiro atoms. The van der Waals surface area contributed by atoms with Crippen molar-refractivity contribution in [3.05, 3.63) is 42.5 Å². The molecule has 2 amide bonds. The molecule has 0 aliphatic carbocycles. The van der Waals surface area contributed by atoms with Gasteiger partial charge < -0.3 is 15.7 Å². The summed E-state index contributed by atoms with van der Waals surface area (Å²) in [6.45, 7) is 6.63. The van der Waals surface area contributed by atoms with Crippen LogP contribution in [0.3, 0.4) is 0 Å². The van der Waals surface area contributed by atoms with Crippen LogP contribution in [-0.2, 0) is 6.54 Å². The lowest BCUT2D eigenvalue weighted by atomic mass is 9.95. The smallest absolute Gasteiger partial charge is 0.315 e. The Morgan fingerprint density at radius 2 is 2.00 bits per heavy atom. The van der Waals surface area contributed by atoms with Gasteiger partial charge in [-0.05, 0) is 43.4 Å². The molecule has 136 valence electrons. The quantitative estimate of drug-likeness (QED) is 0.684. The molecule has 0 aliphatic heterocycles. The van der Waals surface area contributed by atoms with Crippen LogP contribution in [0.2, 0.25) is 0 Å². The van der Waals surface area contributed by atoms with Gasteiger partial charge in [-0.25, -0.2) is 14.5 Å². The van der Waals surface area contributed by atoms with Crippen molar-refractivity contribution in [2.45, 2.75) is 45.8 Å². The number of carbonyl (C=O) groups excluding carboxylic acids is 1. The van der Waals surface area contributed by atoms with E-state index in [-0.39, 0.29) is 12.6 Å². The highest BCUT2D eigenvalue weighted by Gasteiger charge is 2.21. The molecular formula is C18H27N5O2. The van der Waals surface area contributed by atoms with Gasteiger partial charge >= 0.3 is 6.03 Å². The van der Waals surface area contributed by atoms with Crippen molar-refractivity contribution in [3.63, 3.8) is 0 Å². The zero-order valence-electron chi connectivity index (χ0n) is 15.1. The molecule has 0 saturated heterocycles. The average Bonchev–Trinajstić information content (AvgIpc) is 3.12. The normalized spacial score (nSPS) is 13.5. The summed E-state index contributed by atoms with van der Waals surface area (Å²) in [4.78, 5) is 15.8. The lowest BCUT2D eigenvalue weighted by molar-refractivity contribution is 0.0476. The highest BCUT2D eigenvalue weighted by Crippen LogP contribution is 2.15. The third kappa shape index (κ3) is 6.54. The van der Waals surface area contributed by atoms with Gasteiger partial charge in [0.1, 0.15) is 12.7 Å². The van der Waals surface area contributed by atoms with Crippen molar-refractivity contribution in [2.24, 2.45) is 5.92 Å². The first-order valence-corrected chi connectivity index (χ1v) is 8.54. The summed E-state index contributed by atoms with van der Waals surface area (Å²) in [6.07, 6.45) is 4.70. The van der Waals surface area contributed by atoms with Crippen LogP contribution < -0.4 is 10.6 Å². The molecule has 1 aromatic heterocycles. The molecule has 0 aliphatic rings. The molecule has 25 heavy (non-hydrogen) atoms. The SMILES string of the molecule is CC(C)CCC(C)(O)CNC(=O)NCc1ccc(-n2cncn2)cc1. The number of aromatic nitrogens is 3. The van der Waals surface area contributed by atoms with Gasteiger partial charge in [0.05, 0.1) is 11.3 Å². The minimum absolute atomic E-state index is 0.233. The summed E-state index contributed by atoms with van der Waals surface area (Å²) >= 11 is 0. The second kappa shape index (κ2) is 8.62. The summed E-state index contributed by atoms with van der Waals surface area (Å²) in [5.41, 5.74) is 0.999. The van der Waals surface area contributed by atoms with Crippen molar-refractivity contribution < 1.29 is 9.90 Å². The first-order valence-electron chi connectivity index (χ1n) is 8.54. The van der Waals surface area contributed by atoms with E-state index in [9.17, 15) is 9.90 Å². The van der Waals surface area contributed by atoms with Crippen LogP contribution in [0, 0.1) is 5.92 Å². The third-order valence-electron chi connectivity index (χ3n) is 3.96. The van der Waals surface area contributed by atoms with Crippen LogP contribution in [-0.4, -0.2) is 38.0 Å². The van der Waals surface area contributed by atoms with Crippen LogP contribution in [0.1, 0.15) is 39.2 Å². The van der Waals surface area contributed by atoms with Crippen LogP contribution >= 0.6 is 0 Å². The summed E-state index contributed by atoms with van der Waals surface area (Å²) in [6, 6.07) is 7.40. The van der Waals surface area contributed by atoms with Crippen molar-refractivity contribution in [1.82, 2.24) is 25.4 Å². The number of hydrogen-bond donors (Lipinski definition) is 3. The van der Waals surface area contributed by atoms with Gasteiger partial charge in [0.25, 0.3) is 0 Å². The average molecular weight is 345 g/mol. The van der Waals surface area contributed by atoms with E-state index in [0.29, 0.717) is 18.9 Å². The Morgan fingerprint density at radius 3 is 2.60 bits per heavy atom. The summed E-state index contributed by atoms with van der Waals surface area (Å²) in [5, 5.41) is 19.9. The number of rotatable bonds is 8. The minimum Gasteiger partial charge on any atom is -0.388 e. The monoisotopic (exact) mass is 345 g/mol. The summed E-state index contributed by atoms with van der Waals surface area (Å²) in [5.74, 6) is 0.529. The lowest BCUT2D eigenvalue weighted by Gasteiger charge is -2.24. The molecule has 2 aromatic rings. The minimum atomic E-state index is -0.888. The van der Waals surface area contributed by atoms with Gasteiger partial charge in [0.15, 0.2) is 0 Å². The van der Waals surface area contributed by atoms with Crippen molar-refractivity contribution >= 4 is 6.03 Å². The topological polar surface area (TPSA) is 92.1 Å². The first-order chi connectivity index (χ1) is 11.9. The molecule has 2 rings (SSSR count). The van der Waals surface area contributed by atoms with Gasteiger partial charge in [0, 0.05) is 13.1 Å². The van der Waals surface area contributed by atoms with E-state index in [1.807, 2.05) is 24.3 Å². The van der Waals surface area contributed by atoms with Gasteiger partial charge in [-0.15, -0.1) is 0 Å². The van der Waals surface area contributed by atoms with E-state index in [4.69, 9.17) is 0 Å². The third-order valence-corrected chi connectivity index (χ3v) is 3.96. The second-order valence-corrected chi connectivity index (χ2v) is 6.97. The second-order valence-electron chi connectivity index (χ2n) is 6.97. The van der Waals surface area contributed by atoms with Gasteiger partial charge in [-0.1, -0.05) is 26.0 Å². The molecule has 1 heterocycles. The maximum absolute atomic E-state index is 11.9. The Kier molecular flexibility index (Phi) is 6.52. The summed E-state index contributed by atoms with van der Waals surface area (Å²) < 4.78 is 1.67. The van der Waals surface area contributed by atoms with Gasteiger partial charge in [-0.2, -0.15) is 5.10 Å². The fourth-order valence-electron chi connectivity index (χ4n) is 2.31. The Morgan fingerprint density at radius 1 is 1.28 bits per heavy atom. The predicted molar refractivity (Wildman–Crippen MR) is 96.3 cm³/mol. The number of nitrogens with zero attached hydrogens (tertiary/aromatic N) is 3. The van der Waals surface area contributed by atoms with E-state index in [1.54, 1.807) is 17.9 Å². The van der Waals surface area contributed by atoms with Crippen LogP contribution in [0.4, 0.5) is 4.79 Å². The Hall–Kier alpha value is -2.41. The number of amides is 2. The van der Waals surface area contributed by atoms with E-state index in [1.165, 1.54) is 6.33 Å². The zero-order valence-corrected chi connectivity index (χ0v) is 15.1. The fourth-order valence-corrected chi connectivity index (χ4v) is 2.31. The number of benzene rings is 1. The molecule has 7 heteroatoms. The van der Waals surface area contributed by atoms with Crippen molar-refractivity contribution in [3.8, 4) is 5.69 Å². The Balaban J connectivity index is 1.74. The van der Waals surface area contributed by atoms with E-state index in [2.05, 4.69) is 34.6 Å². The molecule has 1 atom stereocenters. The van der Waals surface area contributed by atoms with Crippen LogP contribution in [0.15, 0.2) is 36.9 Å². The maximum atomic E-state index is 11.9. The lowest BCUT2D eigenvalue weighted by Crippen LogP contribution is -2.44. The van der Waals surface area contributed by atoms with Crippen LogP contribution in [0.25, 0.3) is 5.69 Å². The van der Waals surface area contributed by atoms with E-state index >= 15 is 0 Å². The molecular weight excluding hydrogens is 318 g/mol. The zero-order chi connectivity index (χ0) is 18.3. The molecule has 1 aromatic carbocycles. The summed E-state index contributed by atoms with van der Waals surface area (Å²) in [7, 11) is 0. The molecule has 0 fully saturated rings. The molecule has 0 radical (unpaired) electrons. The number of hydrogen-bond acceptors (Lipinski definition) is 4. The molecule has 1 unspecified atom stereocenters. The number of carbonyl (C=O) groups is 1. The first kappa shape index (κ1) is 18.9. The Labute approximate surface area is 148 Å². The highest BCUT2D eigenvalue weighted by molar-refractivity contribution is 5.73. The standard InChI is InChI=1S/C18H27N5O2/c1-14(2)8-9-18(3,25)11-21-17(24)20-10-15-4-6-16(7-5-15)23-13-19-12-22-23/h4-7,12-14,25H,8-11H2,1-3H3,(H2,20,21,24).